The minimum Gasteiger partial charge on any atom is -0.478 e. The highest BCUT2D eigenvalue weighted by molar-refractivity contribution is 5.89. The Morgan fingerprint density at radius 1 is 0.920 bits per heavy atom. The molecule has 1 N–H and O–H groups in total. The first kappa shape index (κ1) is 19.2. The lowest BCUT2D eigenvalue weighted by atomic mass is 9.82. The number of aromatic carboxylic acids is 1. The van der Waals surface area contributed by atoms with Crippen molar-refractivity contribution in [3.63, 3.8) is 0 Å². The lowest BCUT2D eigenvalue weighted by Gasteiger charge is -2.23. The first-order chi connectivity index (χ1) is 11.8. The van der Waals surface area contributed by atoms with Crippen LogP contribution in [0.2, 0.25) is 0 Å². The first-order valence-electron chi connectivity index (χ1n) is 9.27. The highest BCUT2D eigenvalue weighted by Gasteiger charge is 2.18. The van der Waals surface area contributed by atoms with E-state index < -0.39 is 5.97 Å². The summed E-state index contributed by atoms with van der Waals surface area (Å²) >= 11 is 0. The third-order valence-electron chi connectivity index (χ3n) is 4.77. The Balaban J connectivity index is 2.30. The average molecular weight is 338 g/mol. The molecular formula is C23H30O2. The van der Waals surface area contributed by atoms with E-state index >= 15 is 0 Å². The lowest BCUT2D eigenvalue weighted by Crippen LogP contribution is -2.15. The summed E-state index contributed by atoms with van der Waals surface area (Å²) < 4.78 is 0. The molecule has 134 valence electrons. The smallest absolute Gasteiger partial charge is 0.335 e. The van der Waals surface area contributed by atoms with Crippen molar-refractivity contribution in [1.29, 1.82) is 0 Å². The van der Waals surface area contributed by atoms with Gasteiger partial charge >= 0.3 is 5.97 Å². The maximum atomic E-state index is 11.6. The molecule has 0 aliphatic carbocycles. The minimum absolute atomic E-state index is 0.116. The number of carboxylic acid groups (broad SMARTS) is 1. The van der Waals surface area contributed by atoms with Gasteiger partial charge in [0.15, 0.2) is 0 Å². The van der Waals surface area contributed by atoms with Crippen molar-refractivity contribution < 1.29 is 9.90 Å². The Morgan fingerprint density at radius 2 is 1.56 bits per heavy atom. The van der Waals surface area contributed by atoms with Gasteiger partial charge in [0.2, 0.25) is 0 Å². The Morgan fingerprint density at radius 3 is 2.20 bits per heavy atom. The molecule has 0 aliphatic rings. The lowest BCUT2D eigenvalue weighted by molar-refractivity contribution is 0.0695. The van der Waals surface area contributed by atoms with Gasteiger partial charge in [-0.2, -0.15) is 0 Å². The van der Waals surface area contributed by atoms with Crippen molar-refractivity contribution in [3.05, 3.63) is 70.3 Å². The van der Waals surface area contributed by atoms with E-state index in [1.54, 1.807) is 6.07 Å². The van der Waals surface area contributed by atoms with Gasteiger partial charge in [0.05, 0.1) is 5.56 Å². The number of aryl methyl sites for hydroxylation is 2. The van der Waals surface area contributed by atoms with E-state index in [4.69, 9.17) is 0 Å². The molecule has 0 aromatic heterocycles. The highest BCUT2D eigenvalue weighted by atomic mass is 16.4. The summed E-state index contributed by atoms with van der Waals surface area (Å²) in [6, 6.07) is 14.3. The van der Waals surface area contributed by atoms with Gasteiger partial charge in [-0.1, -0.05) is 70.5 Å². The van der Waals surface area contributed by atoms with Gasteiger partial charge in [-0.25, -0.2) is 4.79 Å². The predicted octanol–water partition coefficient (Wildman–Crippen LogP) is 5.81. The van der Waals surface area contributed by atoms with Crippen LogP contribution in [0.15, 0.2) is 42.5 Å². The molecule has 0 saturated heterocycles. The molecule has 25 heavy (non-hydrogen) atoms. The molecule has 2 nitrogen and oxygen atoms in total. The van der Waals surface area contributed by atoms with Crippen LogP contribution in [0.25, 0.3) is 0 Å². The maximum Gasteiger partial charge on any atom is 0.335 e. The van der Waals surface area contributed by atoms with Crippen molar-refractivity contribution in [2.24, 2.45) is 0 Å². The quantitative estimate of drug-likeness (QED) is 0.691. The first-order valence-corrected chi connectivity index (χ1v) is 9.27. The van der Waals surface area contributed by atoms with Gasteiger partial charge in [-0.05, 0) is 59.4 Å². The molecule has 0 fully saturated rings. The maximum absolute atomic E-state index is 11.6. The minimum atomic E-state index is -0.817. The molecule has 2 heteroatoms. The summed E-state index contributed by atoms with van der Waals surface area (Å²) in [5, 5.41) is 9.53. The fraction of sp³-hybridized carbons (Fsp3) is 0.435. The summed E-state index contributed by atoms with van der Waals surface area (Å²) in [5.74, 6) is -0.817. The van der Waals surface area contributed by atoms with Crippen molar-refractivity contribution in [1.82, 2.24) is 0 Å². The number of hydrogen-bond acceptors (Lipinski definition) is 1. The van der Waals surface area contributed by atoms with Gasteiger partial charge < -0.3 is 5.11 Å². The van der Waals surface area contributed by atoms with Crippen molar-refractivity contribution in [2.45, 2.75) is 65.2 Å². The van der Waals surface area contributed by atoms with Crippen LogP contribution in [0.3, 0.4) is 0 Å². The number of unbranched alkanes of at least 4 members (excludes halogenated alkanes) is 1. The normalized spacial score (nSPS) is 11.5. The Bertz CT molecular complexity index is 723. The summed E-state index contributed by atoms with van der Waals surface area (Å²) in [7, 11) is 0. The van der Waals surface area contributed by atoms with Gasteiger partial charge in [0, 0.05) is 0 Å². The number of hydrogen-bond donors (Lipinski definition) is 1. The molecule has 0 radical (unpaired) electrons. The molecule has 2 aromatic rings. The number of carboxylic acids is 1. The largest absolute Gasteiger partial charge is 0.478 e. The van der Waals surface area contributed by atoms with E-state index in [2.05, 4.69) is 58.0 Å². The second-order valence-corrected chi connectivity index (χ2v) is 7.76. The Hall–Kier alpha value is -2.09. The average Bonchev–Trinajstić information content (AvgIpc) is 2.57. The van der Waals surface area contributed by atoms with Crippen LogP contribution in [0.5, 0.6) is 0 Å². The second-order valence-electron chi connectivity index (χ2n) is 7.76. The summed E-state index contributed by atoms with van der Waals surface area (Å²) in [6.45, 7) is 8.86. The standard InChI is InChI=1S/C23H30O2/c1-5-6-12-19-17(11-9-13-20(19)22(24)25)15-16-18-10-7-8-14-21(18)23(2,3)4/h7-11,13-14H,5-6,12,15-16H2,1-4H3,(H,24,25). The van der Waals surface area contributed by atoms with E-state index in [9.17, 15) is 9.90 Å². The Labute approximate surface area is 151 Å². The number of carbonyl (C=O) groups is 1. The van der Waals surface area contributed by atoms with Crippen molar-refractivity contribution in [2.75, 3.05) is 0 Å². The second kappa shape index (κ2) is 8.33. The Kier molecular flexibility index (Phi) is 6.41. The highest BCUT2D eigenvalue weighted by Crippen LogP contribution is 2.27. The van der Waals surface area contributed by atoms with Crippen LogP contribution in [0.4, 0.5) is 0 Å². The zero-order valence-corrected chi connectivity index (χ0v) is 15.9. The fourth-order valence-corrected chi connectivity index (χ4v) is 3.46. The van der Waals surface area contributed by atoms with Crippen LogP contribution in [0.1, 0.15) is 73.1 Å². The molecule has 2 aromatic carbocycles. The van der Waals surface area contributed by atoms with Crippen LogP contribution in [-0.4, -0.2) is 11.1 Å². The molecule has 0 aliphatic heterocycles. The number of benzene rings is 2. The van der Waals surface area contributed by atoms with Crippen molar-refractivity contribution >= 4 is 5.97 Å². The molecule has 2 rings (SSSR count). The molecular weight excluding hydrogens is 308 g/mol. The third kappa shape index (κ3) is 4.94. The van der Waals surface area contributed by atoms with Gasteiger partial charge in [0.25, 0.3) is 0 Å². The summed E-state index contributed by atoms with van der Waals surface area (Å²) in [5.41, 5.74) is 5.51. The third-order valence-corrected chi connectivity index (χ3v) is 4.77. The van der Waals surface area contributed by atoms with Gasteiger partial charge in [-0.15, -0.1) is 0 Å². The fourth-order valence-electron chi connectivity index (χ4n) is 3.46. The molecule has 0 saturated carbocycles. The van der Waals surface area contributed by atoms with Crippen LogP contribution in [-0.2, 0) is 24.7 Å². The summed E-state index contributed by atoms with van der Waals surface area (Å²) in [4.78, 5) is 11.6. The molecule has 0 amide bonds. The van der Waals surface area contributed by atoms with E-state index in [1.165, 1.54) is 16.7 Å². The monoisotopic (exact) mass is 338 g/mol. The van der Waals surface area contributed by atoms with E-state index in [0.717, 1.165) is 37.7 Å². The topological polar surface area (TPSA) is 37.3 Å². The van der Waals surface area contributed by atoms with Crippen LogP contribution >= 0.6 is 0 Å². The number of rotatable bonds is 7. The van der Waals surface area contributed by atoms with Gasteiger partial charge in [0.1, 0.15) is 0 Å². The molecule has 0 atom stereocenters. The van der Waals surface area contributed by atoms with E-state index in [-0.39, 0.29) is 5.41 Å². The SMILES string of the molecule is CCCCc1c(CCc2ccccc2C(C)(C)C)cccc1C(=O)O. The molecule has 0 unspecified atom stereocenters. The molecule has 0 spiro atoms. The van der Waals surface area contributed by atoms with E-state index in [1.807, 2.05) is 6.07 Å². The molecule has 0 heterocycles. The molecule has 0 bridgehead atoms. The van der Waals surface area contributed by atoms with Gasteiger partial charge in [-0.3, -0.25) is 0 Å². The zero-order valence-electron chi connectivity index (χ0n) is 15.9. The summed E-state index contributed by atoms with van der Waals surface area (Å²) in [6.07, 6.45) is 4.76. The predicted molar refractivity (Wildman–Crippen MR) is 105 cm³/mol. The van der Waals surface area contributed by atoms with Crippen LogP contribution in [0, 0.1) is 0 Å². The van der Waals surface area contributed by atoms with Crippen molar-refractivity contribution in [3.8, 4) is 0 Å². The zero-order chi connectivity index (χ0) is 18.4. The van der Waals surface area contributed by atoms with E-state index in [0.29, 0.717) is 5.56 Å². The van der Waals surface area contributed by atoms with Crippen LogP contribution < -0.4 is 0 Å².